The summed E-state index contributed by atoms with van der Waals surface area (Å²) in [5.74, 6) is 0. The molecule has 0 atom stereocenters. The first kappa shape index (κ1) is 9.77. The van der Waals surface area contributed by atoms with Gasteiger partial charge in [0.15, 0.2) is 0 Å². The zero-order valence-corrected chi connectivity index (χ0v) is 8.19. The molecule has 0 spiro atoms. The third kappa shape index (κ3) is 1.89. The summed E-state index contributed by atoms with van der Waals surface area (Å²) in [6.45, 7) is 4.09. The summed E-state index contributed by atoms with van der Waals surface area (Å²) < 4.78 is 0.703. The van der Waals surface area contributed by atoms with E-state index in [4.69, 9.17) is 10.0 Å². The normalized spacial score (nSPS) is 10.3. The maximum Gasteiger partial charge on any atom is 0.499 e. The molecule has 4 heteroatoms. The van der Waals surface area contributed by atoms with Crippen LogP contribution in [0.5, 0.6) is 0 Å². The van der Waals surface area contributed by atoms with Crippen molar-refractivity contribution in [2.45, 2.75) is 26.7 Å². The fourth-order valence-electron chi connectivity index (χ4n) is 1.17. The van der Waals surface area contributed by atoms with E-state index in [9.17, 15) is 0 Å². The Morgan fingerprint density at radius 1 is 1.33 bits per heavy atom. The smallest absolute Gasteiger partial charge is 0.423 e. The molecule has 0 saturated carbocycles. The number of hydrogen-bond acceptors (Lipinski definition) is 3. The third-order valence-electron chi connectivity index (χ3n) is 1.86. The number of thiophene rings is 1. The molecule has 0 unspecified atom stereocenters. The zero-order valence-electron chi connectivity index (χ0n) is 7.37. The van der Waals surface area contributed by atoms with Crippen molar-refractivity contribution in [3.8, 4) is 0 Å². The summed E-state index contributed by atoms with van der Waals surface area (Å²) in [4.78, 5) is 1.22. The van der Waals surface area contributed by atoms with Gasteiger partial charge in [-0.25, -0.2) is 0 Å². The van der Waals surface area contributed by atoms with Crippen molar-refractivity contribution in [3.63, 3.8) is 0 Å². The lowest BCUT2D eigenvalue weighted by Crippen LogP contribution is -2.29. The molecule has 0 amide bonds. The first-order chi connectivity index (χ1) is 5.69. The number of aryl methyl sites for hydroxylation is 2. The first-order valence-corrected chi connectivity index (χ1v) is 4.98. The summed E-state index contributed by atoms with van der Waals surface area (Å²) in [7, 11) is -1.30. The van der Waals surface area contributed by atoms with Gasteiger partial charge in [0.2, 0.25) is 0 Å². The van der Waals surface area contributed by atoms with Crippen LogP contribution in [0, 0.1) is 0 Å². The minimum absolute atomic E-state index is 0.703. The van der Waals surface area contributed by atoms with Gasteiger partial charge >= 0.3 is 7.12 Å². The molecule has 2 nitrogen and oxygen atoms in total. The Kier molecular flexibility index (Phi) is 3.32. The Bertz CT molecular complexity index is 258. The van der Waals surface area contributed by atoms with E-state index in [2.05, 4.69) is 13.0 Å². The lowest BCUT2D eigenvalue weighted by Gasteiger charge is -1.96. The van der Waals surface area contributed by atoms with Crippen molar-refractivity contribution in [1.29, 1.82) is 0 Å². The molecule has 0 saturated heterocycles. The minimum Gasteiger partial charge on any atom is -0.423 e. The quantitative estimate of drug-likeness (QED) is 0.673. The molecule has 0 aliphatic heterocycles. The van der Waals surface area contributed by atoms with Crippen LogP contribution in [-0.4, -0.2) is 17.2 Å². The van der Waals surface area contributed by atoms with Crippen molar-refractivity contribution < 1.29 is 10.0 Å². The van der Waals surface area contributed by atoms with E-state index in [1.165, 1.54) is 16.2 Å². The molecule has 66 valence electrons. The summed E-state index contributed by atoms with van der Waals surface area (Å²) >= 11 is 1.49. The van der Waals surface area contributed by atoms with Gasteiger partial charge in [-0.1, -0.05) is 13.8 Å². The fourth-order valence-corrected chi connectivity index (χ4v) is 2.24. The Balaban J connectivity index is 3.00. The number of hydrogen-bond donors (Lipinski definition) is 2. The van der Waals surface area contributed by atoms with Gasteiger partial charge in [0.05, 0.1) is 0 Å². The molecular formula is C8H13BO2S. The molecule has 0 aromatic carbocycles. The van der Waals surface area contributed by atoms with Gasteiger partial charge in [-0.05, 0) is 24.5 Å². The van der Waals surface area contributed by atoms with Crippen LogP contribution in [0.15, 0.2) is 6.07 Å². The van der Waals surface area contributed by atoms with Crippen molar-refractivity contribution in [3.05, 3.63) is 16.5 Å². The van der Waals surface area contributed by atoms with Gasteiger partial charge in [-0.15, -0.1) is 11.3 Å². The molecular weight excluding hydrogens is 171 g/mol. The fraction of sp³-hybridized carbons (Fsp3) is 0.500. The second-order valence-corrected chi connectivity index (χ2v) is 3.85. The highest BCUT2D eigenvalue weighted by atomic mass is 32.1. The van der Waals surface area contributed by atoms with Crippen LogP contribution in [0.25, 0.3) is 0 Å². The van der Waals surface area contributed by atoms with E-state index >= 15 is 0 Å². The highest BCUT2D eigenvalue weighted by Gasteiger charge is 2.18. The number of rotatable bonds is 3. The van der Waals surface area contributed by atoms with Crippen LogP contribution in [-0.2, 0) is 12.8 Å². The molecule has 12 heavy (non-hydrogen) atoms. The van der Waals surface area contributed by atoms with E-state index in [1.807, 2.05) is 6.92 Å². The van der Waals surface area contributed by atoms with Crippen LogP contribution in [0.1, 0.15) is 24.3 Å². The highest BCUT2D eigenvalue weighted by Crippen LogP contribution is 2.13. The molecule has 0 bridgehead atoms. The van der Waals surface area contributed by atoms with Crippen molar-refractivity contribution >= 4 is 23.2 Å². The average molecular weight is 184 g/mol. The third-order valence-corrected chi connectivity index (χ3v) is 3.22. The summed E-state index contributed by atoms with van der Waals surface area (Å²) in [6, 6.07) is 2.06. The lowest BCUT2D eigenvalue weighted by molar-refractivity contribution is 0.426. The predicted octanol–water partition coefficient (Wildman–Crippen LogP) is 0.553. The Labute approximate surface area is 77.0 Å². The van der Waals surface area contributed by atoms with E-state index in [0.717, 1.165) is 18.4 Å². The van der Waals surface area contributed by atoms with E-state index in [1.54, 1.807) is 0 Å². The highest BCUT2D eigenvalue weighted by molar-refractivity contribution is 7.22. The van der Waals surface area contributed by atoms with Gasteiger partial charge < -0.3 is 10.0 Å². The molecule has 0 fully saturated rings. The lowest BCUT2D eigenvalue weighted by atomic mass is 9.85. The minimum atomic E-state index is -1.30. The van der Waals surface area contributed by atoms with Crippen molar-refractivity contribution in [1.82, 2.24) is 0 Å². The topological polar surface area (TPSA) is 40.5 Å². The average Bonchev–Trinajstić information content (AvgIpc) is 2.47. The van der Waals surface area contributed by atoms with Gasteiger partial charge in [-0.3, -0.25) is 0 Å². The molecule has 0 aliphatic rings. The van der Waals surface area contributed by atoms with E-state index in [-0.39, 0.29) is 0 Å². The molecule has 1 aromatic heterocycles. The molecule has 1 rings (SSSR count). The molecule has 2 N–H and O–H groups in total. The maximum absolute atomic E-state index is 9.01. The van der Waals surface area contributed by atoms with E-state index in [0.29, 0.717) is 4.78 Å². The second-order valence-electron chi connectivity index (χ2n) is 2.68. The predicted molar refractivity (Wildman–Crippen MR) is 52.9 cm³/mol. The van der Waals surface area contributed by atoms with Gasteiger partial charge in [-0.2, -0.15) is 0 Å². The van der Waals surface area contributed by atoms with Crippen molar-refractivity contribution in [2.75, 3.05) is 0 Å². The van der Waals surface area contributed by atoms with Crippen molar-refractivity contribution in [2.24, 2.45) is 0 Å². The maximum atomic E-state index is 9.01. The summed E-state index contributed by atoms with van der Waals surface area (Å²) in [5.41, 5.74) is 1.06. The molecule has 0 aliphatic carbocycles. The largest absolute Gasteiger partial charge is 0.499 e. The first-order valence-electron chi connectivity index (χ1n) is 4.16. The molecule has 1 heterocycles. The monoisotopic (exact) mass is 184 g/mol. The summed E-state index contributed by atoms with van der Waals surface area (Å²) in [5, 5.41) is 18.0. The van der Waals surface area contributed by atoms with Crippen LogP contribution in [0.2, 0.25) is 0 Å². The van der Waals surface area contributed by atoms with Crippen LogP contribution < -0.4 is 4.78 Å². The van der Waals surface area contributed by atoms with E-state index < -0.39 is 7.12 Å². The summed E-state index contributed by atoms with van der Waals surface area (Å²) in [6.07, 6.45) is 1.83. The molecule has 1 aromatic rings. The van der Waals surface area contributed by atoms with Gasteiger partial charge in [0.25, 0.3) is 0 Å². The zero-order chi connectivity index (χ0) is 9.14. The Morgan fingerprint density at radius 3 is 2.33 bits per heavy atom. The second kappa shape index (κ2) is 4.07. The van der Waals surface area contributed by atoms with Crippen LogP contribution in [0.3, 0.4) is 0 Å². The van der Waals surface area contributed by atoms with Crippen LogP contribution in [0.4, 0.5) is 0 Å². The van der Waals surface area contributed by atoms with Gasteiger partial charge in [0, 0.05) is 9.65 Å². The SMILES string of the molecule is CCc1cc(CC)c(B(O)O)s1. The molecule has 0 radical (unpaired) electrons. The van der Waals surface area contributed by atoms with Crippen LogP contribution >= 0.6 is 11.3 Å². The Hall–Kier alpha value is -0.315. The van der Waals surface area contributed by atoms with Gasteiger partial charge in [0.1, 0.15) is 0 Å². The Morgan fingerprint density at radius 2 is 2.00 bits per heavy atom. The standard InChI is InChI=1S/C8H13BO2S/c1-3-6-5-7(4-2)12-8(6)9(10)11/h5,10-11H,3-4H2,1-2H3.